The number of carbonyl (C=O) groups is 1. The highest BCUT2D eigenvalue weighted by Gasteiger charge is 2.28. The fourth-order valence-corrected chi connectivity index (χ4v) is 5.84. The number of carbonyl (C=O) groups excluding carboxylic acids is 1. The summed E-state index contributed by atoms with van der Waals surface area (Å²) in [5, 5.41) is 3.16. The first-order valence-electron chi connectivity index (χ1n) is 11.7. The zero-order valence-electron chi connectivity index (χ0n) is 19.5. The van der Waals surface area contributed by atoms with E-state index in [0.717, 1.165) is 25.7 Å². The van der Waals surface area contributed by atoms with Gasteiger partial charge in [-0.3, -0.25) is 4.79 Å². The molecule has 8 nitrogen and oxygen atoms in total. The number of rotatable bonds is 9. The minimum atomic E-state index is -3.64. The van der Waals surface area contributed by atoms with E-state index in [0.29, 0.717) is 50.3 Å². The van der Waals surface area contributed by atoms with Crippen LogP contribution in [0, 0.1) is 0 Å². The Morgan fingerprint density at radius 1 is 1.22 bits per heavy atom. The van der Waals surface area contributed by atoms with E-state index in [1.807, 2.05) is 25.7 Å². The van der Waals surface area contributed by atoms with E-state index < -0.39 is 10.0 Å². The zero-order valence-corrected chi connectivity index (χ0v) is 20.3. The summed E-state index contributed by atoms with van der Waals surface area (Å²) in [7, 11) is -3.64. The molecule has 32 heavy (non-hydrogen) atoms. The smallest absolute Gasteiger partial charge is 0.243 e. The molecule has 0 spiro atoms. The van der Waals surface area contributed by atoms with Crippen LogP contribution in [0.15, 0.2) is 23.1 Å². The highest BCUT2D eigenvalue weighted by atomic mass is 32.2. The van der Waals surface area contributed by atoms with Crippen LogP contribution < -0.4 is 10.1 Å². The summed E-state index contributed by atoms with van der Waals surface area (Å²) in [6.07, 6.45) is 5.58. The summed E-state index contributed by atoms with van der Waals surface area (Å²) in [4.78, 5) is 15.1. The maximum atomic E-state index is 13.1. The van der Waals surface area contributed by atoms with E-state index in [9.17, 15) is 13.2 Å². The number of likely N-dealkylation sites (N-methyl/N-ethyl adjacent to an activating group) is 1. The Bertz CT molecular complexity index is 862. The number of nitrogens with one attached hydrogen (secondary N) is 1. The second kappa shape index (κ2) is 11.3. The second-order valence-corrected chi connectivity index (χ2v) is 10.6. The van der Waals surface area contributed by atoms with Gasteiger partial charge >= 0.3 is 0 Å². The molecule has 0 atom stereocenters. The number of amides is 1. The second-order valence-electron chi connectivity index (χ2n) is 8.67. The largest absolute Gasteiger partial charge is 0.489 e. The Morgan fingerprint density at radius 2 is 1.91 bits per heavy atom. The van der Waals surface area contributed by atoms with Gasteiger partial charge in [-0.2, -0.15) is 4.31 Å². The molecule has 3 rings (SSSR count). The lowest BCUT2D eigenvalue weighted by atomic mass is 9.94. The zero-order chi connectivity index (χ0) is 23.1. The number of ether oxygens (including phenoxy) is 2. The summed E-state index contributed by atoms with van der Waals surface area (Å²) in [5.74, 6) is 0.561. The minimum Gasteiger partial charge on any atom is -0.489 e. The van der Waals surface area contributed by atoms with Gasteiger partial charge in [0.15, 0.2) is 0 Å². The fourth-order valence-electron chi connectivity index (χ4n) is 4.40. The van der Waals surface area contributed by atoms with Gasteiger partial charge in [0, 0.05) is 25.7 Å². The number of anilines is 1. The average molecular weight is 468 g/mol. The molecule has 0 unspecified atom stereocenters. The normalized spacial score (nSPS) is 18.5. The third-order valence-corrected chi connectivity index (χ3v) is 7.92. The highest BCUT2D eigenvalue weighted by molar-refractivity contribution is 7.89. The Balaban J connectivity index is 1.78. The molecule has 1 aliphatic heterocycles. The molecule has 1 N–H and O–H groups in total. The molecule has 1 aromatic rings. The third-order valence-electron chi connectivity index (χ3n) is 6.03. The number of morpholine rings is 1. The monoisotopic (exact) mass is 467 g/mol. The summed E-state index contributed by atoms with van der Waals surface area (Å²) in [6, 6.07) is 5.10. The molecule has 1 heterocycles. The molecule has 180 valence electrons. The molecular weight excluding hydrogens is 430 g/mol. The topological polar surface area (TPSA) is 88.2 Å². The van der Waals surface area contributed by atoms with Gasteiger partial charge in [-0.15, -0.1) is 0 Å². The molecule has 9 heteroatoms. The van der Waals surface area contributed by atoms with Crippen molar-refractivity contribution < 1.29 is 22.7 Å². The summed E-state index contributed by atoms with van der Waals surface area (Å²) in [5.41, 5.74) is 0.515. The van der Waals surface area contributed by atoms with Crippen molar-refractivity contribution in [3.8, 4) is 5.75 Å². The van der Waals surface area contributed by atoms with Crippen molar-refractivity contribution in [2.45, 2.75) is 69.9 Å². The Morgan fingerprint density at radius 3 is 2.53 bits per heavy atom. The number of benzene rings is 1. The van der Waals surface area contributed by atoms with Gasteiger partial charge in [0.25, 0.3) is 0 Å². The van der Waals surface area contributed by atoms with Crippen molar-refractivity contribution in [2.24, 2.45) is 0 Å². The van der Waals surface area contributed by atoms with Gasteiger partial charge in [-0.1, -0.05) is 19.3 Å². The van der Waals surface area contributed by atoms with Crippen LogP contribution in [0.25, 0.3) is 0 Å². The van der Waals surface area contributed by atoms with Gasteiger partial charge in [-0.05, 0) is 51.8 Å². The Hall–Kier alpha value is -1.84. The lowest BCUT2D eigenvalue weighted by molar-refractivity contribution is -0.132. The van der Waals surface area contributed by atoms with Crippen LogP contribution in [0.5, 0.6) is 5.75 Å². The summed E-state index contributed by atoms with van der Waals surface area (Å²) in [6.45, 7) is 8.05. The van der Waals surface area contributed by atoms with E-state index in [1.165, 1.54) is 10.7 Å². The van der Waals surface area contributed by atoms with Gasteiger partial charge in [-0.25, -0.2) is 8.42 Å². The average Bonchev–Trinajstić information content (AvgIpc) is 2.79. The van der Waals surface area contributed by atoms with Crippen LogP contribution in [0.1, 0.15) is 52.9 Å². The summed E-state index contributed by atoms with van der Waals surface area (Å²) >= 11 is 0. The van der Waals surface area contributed by atoms with Crippen LogP contribution in [-0.4, -0.2) is 75.1 Å². The highest BCUT2D eigenvalue weighted by Crippen LogP contribution is 2.30. The van der Waals surface area contributed by atoms with Crippen molar-refractivity contribution in [3.63, 3.8) is 0 Å². The summed E-state index contributed by atoms with van der Waals surface area (Å²) < 4.78 is 38.8. The standard InChI is InChI=1S/C23H37N3O5S/c1-4-26(19-8-6-5-7-9-19)23(27)17-24-21-16-20(10-11-22(21)31-18(2)3)32(28,29)25-12-14-30-15-13-25/h10-11,16,18-19,24H,4-9,12-15,17H2,1-3H3. The quantitative estimate of drug-likeness (QED) is 0.600. The van der Waals surface area contributed by atoms with Gasteiger partial charge < -0.3 is 19.7 Å². The maximum Gasteiger partial charge on any atom is 0.243 e. The van der Waals surface area contributed by atoms with Gasteiger partial charge in [0.2, 0.25) is 15.9 Å². The van der Waals surface area contributed by atoms with E-state index in [4.69, 9.17) is 9.47 Å². The number of sulfonamides is 1. The SMILES string of the molecule is CCN(C(=O)CNc1cc(S(=O)(=O)N2CCOCC2)ccc1OC(C)C)C1CCCCC1. The molecular formula is C23H37N3O5S. The Kier molecular flexibility index (Phi) is 8.79. The fraction of sp³-hybridized carbons (Fsp3) is 0.696. The van der Waals surface area contributed by atoms with E-state index in [1.54, 1.807) is 18.2 Å². The van der Waals surface area contributed by atoms with Crippen LogP contribution in [-0.2, 0) is 19.6 Å². The molecule has 1 amide bonds. The van der Waals surface area contributed by atoms with Crippen LogP contribution in [0.2, 0.25) is 0 Å². The molecule has 0 bridgehead atoms. The molecule has 0 aromatic heterocycles. The number of hydrogen-bond donors (Lipinski definition) is 1. The lowest BCUT2D eigenvalue weighted by Crippen LogP contribution is -2.44. The van der Waals surface area contributed by atoms with E-state index >= 15 is 0 Å². The van der Waals surface area contributed by atoms with Gasteiger partial charge in [0.1, 0.15) is 5.75 Å². The van der Waals surface area contributed by atoms with Crippen LogP contribution >= 0.6 is 0 Å². The van der Waals surface area contributed by atoms with Crippen molar-refractivity contribution in [1.82, 2.24) is 9.21 Å². The van der Waals surface area contributed by atoms with E-state index in [2.05, 4.69) is 5.32 Å². The number of nitrogens with zero attached hydrogens (tertiary/aromatic N) is 2. The van der Waals surface area contributed by atoms with Crippen LogP contribution in [0.4, 0.5) is 5.69 Å². The Labute approximate surface area is 192 Å². The van der Waals surface area contributed by atoms with Crippen LogP contribution in [0.3, 0.4) is 0 Å². The van der Waals surface area contributed by atoms with E-state index in [-0.39, 0.29) is 23.5 Å². The molecule has 1 aromatic carbocycles. The van der Waals surface area contributed by atoms with Crippen molar-refractivity contribution >= 4 is 21.6 Å². The predicted octanol–water partition coefficient (Wildman–Crippen LogP) is 3.09. The molecule has 2 aliphatic rings. The van der Waals surface area contributed by atoms with Crippen molar-refractivity contribution in [2.75, 3.05) is 44.7 Å². The van der Waals surface area contributed by atoms with Gasteiger partial charge in [0.05, 0.1) is 36.4 Å². The predicted molar refractivity (Wildman–Crippen MR) is 125 cm³/mol. The minimum absolute atomic E-state index is 0.0244. The molecule has 0 radical (unpaired) electrons. The molecule has 2 fully saturated rings. The van der Waals surface area contributed by atoms with Crippen molar-refractivity contribution in [1.29, 1.82) is 0 Å². The lowest BCUT2D eigenvalue weighted by Gasteiger charge is -2.34. The molecule has 1 saturated heterocycles. The third kappa shape index (κ3) is 6.14. The number of hydrogen-bond acceptors (Lipinski definition) is 6. The first-order valence-corrected chi connectivity index (χ1v) is 13.2. The molecule has 1 aliphatic carbocycles. The first-order chi connectivity index (χ1) is 15.3. The van der Waals surface area contributed by atoms with Crippen molar-refractivity contribution in [3.05, 3.63) is 18.2 Å². The molecule has 1 saturated carbocycles. The maximum absolute atomic E-state index is 13.1. The first kappa shape index (κ1) is 24.8.